The maximum Gasteiger partial charge on any atom is 0.411 e. The summed E-state index contributed by atoms with van der Waals surface area (Å²) in [4.78, 5) is 6.11. The minimum absolute atomic E-state index is 0. The third kappa shape index (κ3) is 10.7. The molecule has 0 saturated carbocycles. The van der Waals surface area contributed by atoms with Crippen molar-refractivity contribution in [3.63, 3.8) is 0 Å². The molecule has 0 aromatic heterocycles. The Morgan fingerprint density at radius 1 is 1.23 bits per heavy atom. The van der Waals surface area contributed by atoms with Gasteiger partial charge in [0.2, 0.25) is 0 Å². The van der Waals surface area contributed by atoms with Gasteiger partial charge < -0.3 is 19.7 Å². The molecule has 0 unspecified atom stereocenters. The number of hydrogen-bond acceptors (Lipinski definition) is 3. The van der Waals surface area contributed by atoms with E-state index in [4.69, 9.17) is 4.74 Å². The summed E-state index contributed by atoms with van der Waals surface area (Å²) in [6, 6.07) is 7.81. The van der Waals surface area contributed by atoms with Crippen LogP contribution >= 0.6 is 24.0 Å². The monoisotopic (exact) mass is 489 g/mol. The van der Waals surface area contributed by atoms with Crippen molar-refractivity contribution in [3.05, 3.63) is 29.8 Å². The molecule has 0 saturated heterocycles. The summed E-state index contributed by atoms with van der Waals surface area (Å²) in [5.74, 6) is 1.50. The topological polar surface area (TPSA) is 46.1 Å². The third-order valence-electron chi connectivity index (χ3n) is 3.24. The lowest BCUT2D eigenvalue weighted by atomic mass is 10.2. The Morgan fingerprint density at radius 3 is 2.42 bits per heavy atom. The molecule has 1 N–H and O–H groups in total. The van der Waals surface area contributed by atoms with E-state index in [0.717, 1.165) is 11.3 Å². The van der Waals surface area contributed by atoms with Crippen LogP contribution in [0.3, 0.4) is 0 Å². The van der Waals surface area contributed by atoms with Gasteiger partial charge in [-0.3, -0.25) is 4.99 Å². The van der Waals surface area contributed by atoms with Crippen LogP contribution in [0.25, 0.3) is 0 Å². The van der Waals surface area contributed by atoms with Crippen LogP contribution in [0.15, 0.2) is 29.3 Å². The van der Waals surface area contributed by atoms with E-state index in [1.165, 1.54) is 0 Å². The average molecular weight is 489 g/mol. The lowest BCUT2D eigenvalue weighted by Gasteiger charge is -2.22. The first-order chi connectivity index (χ1) is 11.9. The second-order valence-electron chi connectivity index (χ2n) is 5.43. The Balaban J connectivity index is 0.00000625. The molecular weight excluding hydrogens is 462 g/mol. The van der Waals surface area contributed by atoms with Crippen LogP contribution in [0, 0.1) is 0 Å². The minimum atomic E-state index is -4.28. The maximum atomic E-state index is 12.0. The van der Waals surface area contributed by atoms with Crippen LogP contribution in [0.4, 0.5) is 13.2 Å². The van der Waals surface area contributed by atoms with E-state index in [9.17, 15) is 13.2 Å². The van der Waals surface area contributed by atoms with E-state index in [1.807, 2.05) is 43.1 Å². The fourth-order valence-electron chi connectivity index (χ4n) is 2.15. The van der Waals surface area contributed by atoms with Crippen molar-refractivity contribution in [1.82, 2.24) is 10.2 Å². The first-order valence-electron chi connectivity index (χ1n) is 8.13. The van der Waals surface area contributed by atoms with Crippen molar-refractivity contribution >= 4 is 29.9 Å². The molecule has 0 heterocycles. The predicted octanol–water partition coefficient (Wildman–Crippen LogP) is 3.68. The number of nitrogens with one attached hydrogen (secondary N) is 1. The summed E-state index contributed by atoms with van der Waals surface area (Å²) in [7, 11) is 3.56. The molecule has 0 atom stereocenters. The molecule has 0 aliphatic carbocycles. The first kappa shape index (κ1) is 24.8. The smallest absolute Gasteiger partial charge is 0.411 e. The molecule has 9 heteroatoms. The Morgan fingerprint density at radius 2 is 1.88 bits per heavy atom. The van der Waals surface area contributed by atoms with Gasteiger partial charge >= 0.3 is 6.18 Å². The van der Waals surface area contributed by atoms with Gasteiger partial charge in [0, 0.05) is 33.8 Å². The molecular formula is C17H27F3IN3O2. The minimum Gasteiger partial charge on any atom is -0.494 e. The van der Waals surface area contributed by atoms with Crippen LogP contribution < -0.4 is 10.1 Å². The van der Waals surface area contributed by atoms with Crippen LogP contribution in [-0.4, -0.2) is 57.5 Å². The second-order valence-corrected chi connectivity index (χ2v) is 5.43. The van der Waals surface area contributed by atoms with E-state index >= 15 is 0 Å². The van der Waals surface area contributed by atoms with Crippen molar-refractivity contribution in [2.45, 2.75) is 26.1 Å². The lowest BCUT2D eigenvalue weighted by molar-refractivity contribution is -0.173. The number of halogens is 4. The molecule has 0 bridgehead atoms. The first-order valence-corrected chi connectivity index (χ1v) is 8.13. The van der Waals surface area contributed by atoms with Gasteiger partial charge in [0.05, 0.1) is 6.61 Å². The summed E-state index contributed by atoms with van der Waals surface area (Å²) < 4.78 is 45.8. The molecule has 26 heavy (non-hydrogen) atoms. The summed E-state index contributed by atoms with van der Waals surface area (Å²) >= 11 is 0. The Bertz CT molecular complexity index is 525. The SMILES string of the molecule is CCOc1ccc(CN(C)C(=NC)NCCCOCC(F)(F)F)cc1.I. The number of alkyl halides is 3. The van der Waals surface area contributed by atoms with Crippen molar-refractivity contribution < 1.29 is 22.6 Å². The highest BCUT2D eigenvalue weighted by Crippen LogP contribution is 2.14. The third-order valence-corrected chi connectivity index (χ3v) is 3.24. The molecule has 1 aromatic rings. The van der Waals surface area contributed by atoms with E-state index in [-0.39, 0.29) is 30.6 Å². The van der Waals surface area contributed by atoms with E-state index in [2.05, 4.69) is 15.0 Å². The summed E-state index contributed by atoms with van der Waals surface area (Å²) in [6.07, 6.45) is -3.81. The zero-order valence-electron chi connectivity index (χ0n) is 15.3. The number of guanidine groups is 1. The summed E-state index contributed by atoms with van der Waals surface area (Å²) in [5.41, 5.74) is 1.10. The standard InChI is InChI=1S/C17H26F3N3O2.HI/c1-4-25-15-8-6-14(7-9-15)12-23(3)16(21-2)22-10-5-11-24-13-17(18,19)20;/h6-9H,4-5,10-13H2,1-3H3,(H,21,22);1H. The van der Waals surface area contributed by atoms with Crippen molar-refractivity contribution in [2.75, 3.05) is 40.5 Å². The van der Waals surface area contributed by atoms with E-state index in [1.54, 1.807) is 7.05 Å². The van der Waals surface area contributed by atoms with Crippen molar-refractivity contribution in [2.24, 2.45) is 4.99 Å². The zero-order valence-corrected chi connectivity index (χ0v) is 17.6. The number of aliphatic imine (C=N–C) groups is 1. The van der Waals surface area contributed by atoms with Gasteiger partial charge in [-0.05, 0) is 31.0 Å². The highest BCUT2D eigenvalue weighted by atomic mass is 127. The van der Waals surface area contributed by atoms with Crippen LogP contribution in [0.1, 0.15) is 18.9 Å². The molecule has 1 aromatic carbocycles. The molecule has 0 radical (unpaired) electrons. The van der Waals surface area contributed by atoms with Crippen LogP contribution in [-0.2, 0) is 11.3 Å². The fourth-order valence-corrected chi connectivity index (χ4v) is 2.15. The summed E-state index contributed by atoms with van der Waals surface area (Å²) in [6.45, 7) is 2.54. The van der Waals surface area contributed by atoms with Gasteiger partial charge in [0.1, 0.15) is 12.4 Å². The zero-order chi connectivity index (χ0) is 18.7. The van der Waals surface area contributed by atoms with Crippen molar-refractivity contribution in [1.29, 1.82) is 0 Å². The van der Waals surface area contributed by atoms with Gasteiger partial charge in [-0.15, -0.1) is 24.0 Å². The molecule has 1 rings (SSSR count). The van der Waals surface area contributed by atoms with Crippen molar-refractivity contribution in [3.8, 4) is 5.75 Å². The van der Waals surface area contributed by atoms with Gasteiger partial charge in [0.15, 0.2) is 5.96 Å². The van der Waals surface area contributed by atoms with E-state index in [0.29, 0.717) is 32.1 Å². The lowest BCUT2D eigenvalue weighted by Crippen LogP contribution is -2.39. The molecule has 0 spiro atoms. The molecule has 150 valence electrons. The van der Waals surface area contributed by atoms with Crippen LogP contribution in [0.2, 0.25) is 0 Å². The number of ether oxygens (including phenoxy) is 2. The summed E-state index contributed by atoms with van der Waals surface area (Å²) in [5, 5.41) is 3.11. The molecule has 0 fully saturated rings. The number of nitrogens with zero attached hydrogens (tertiary/aromatic N) is 2. The predicted molar refractivity (Wildman–Crippen MR) is 107 cm³/mol. The molecule has 0 aliphatic rings. The number of rotatable bonds is 9. The normalized spacial score (nSPS) is 11.7. The van der Waals surface area contributed by atoms with Gasteiger partial charge in [-0.25, -0.2) is 0 Å². The second kappa shape index (κ2) is 13.0. The van der Waals surface area contributed by atoms with Crippen LogP contribution in [0.5, 0.6) is 5.75 Å². The highest BCUT2D eigenvalue weighted by Gasteiger charge is 2.27. The van der Waals surface area contributed by atoms with Gasteiger partial charge in [-0.2, -0.15) is 13.2 Å². The Labute approximate surface area is 170 Å². The molecule has 0 amide bonds. The Kier molecular flexibility index (Phi) is 12.4. The highest BCUT2D eigenvalue weighted by molar-refractivity contribution is 14.0. The fraction of sp³-hybridized carbons (Fsp3) is 0.588. The maximum absolute atomic E-state index is 12.0. The quantitative estimate of drug-likeness (QED) is 0.249. The van der Waals surface area contributed by atoms with Gasteiger partial charge in [0.25, 0.3) is 0 Å². The molecule has 5 nitrogen and oxygen atoms in total. The average Bonchev–Trinajstić information content (AvgIpc) is 2.55. The number of hydrogen-bond donors (Lipinski definition) is 1. The largest absolute Gasteiger partial charge is 0.494 e. The van der Waals surface area contributed by atoms with Gasteiger partial charge in [-0.1, -0.05) is 12.1 Å². The van der Waals surface area contributed by atoms with E-state index < -0.39 is 12.8 Å². The number of benzene rings is 1. The Hall–Kier alpha value is -1.23. The molecule has 0 aliphatic heterocycles.